The monoisotopic (exact) mass is 305 g/mol. The van der Waals surface area contributed by atoms with E-state index in [9.17, 15) is 4.79 Å². The largest absolute Gasteiger partial charge is 0.368 e. The number of carbonyl (C=O) groups excluding carboxylic acids is 1. The molecule has 1 aliphatic heterocycles. The zero-order valence-corrected chi connectivity index (χ0v) is 13.0. The number of hydrogen-bond acceptors (Lipinski definition) is 5. The lowest BCUT2D eigenvalue weighted by Gasteiger charge is -2.25. The van der Waals surface area contributed by atoms with Crippen molar-refractivity contribution in [2.45, 2.75) is 63.5 Å². The number of ether oxygens (including phenoxy) is 1. The van der Waals surface area contributed by atoms with Gasteiger partial charge in [-0.25, -0.2) is 0 Å². The molecule has 0 unspecified atom stereocenters. The second-order valence-electron chi connectivity index (χ2n) is 6.87. The molecule has 1 aromatic heterocycles. The van der Waals surface area contributed by atoms with Crippen LogP contribution in [0.4, 0.5) is 0 Å². The Morgan fingerprint density at radius 2 is 2.18 bits per heavy atom. The summed E-state index contributed by atoms with van der Waals surface area (Å²) in [6.07, 6.45) is 6.27. The summed E-state index contributed by atoms with van der Waals surface area (Å²) in [7, 11) is 0. The van der Waals surface area contributed by atoms with Gasteiger partial charge < -0.3 is 14.2 Å². The summed E-state index contributed by atoms with van der Waals surface area (Å²) >= 11 is 0. The van der Waals surface area contributed by atoms with Crippen LogP contribution in [0.15, 0.2) is 4.52 Å². The molecular weight excluding hydrogens is 282 g/mol. The average Bonchev–Trinajstić information content (AvgIpc) is 3.44. The first-order valence-electron chi connectivity index (χ1n) is 8.48. The maximum Gasteiger partial charge on any atom is 0.252 e. The van der Waals surface area contributed by atoms with Gasteiger partial charge in [0.25, 0.3) is 5.91 Å². The lowest BCUT2D eigenvalue weighted by molar-refractivity contribution is -0.144. The highest BCUT2D eigenvalue weighted by Gasteiger charge is 2.37. The van der Waals surface area contributed by atoms with E-state index in [2.05, 4.69) is 10.1 Å². The Morgan fingerprint density at radius 1 is 1.36 bits per heavy atom. The number of hydrogen-bond donors (Lipinski definition) is 0. The van der Waals surface area contributed by atoms with Gasteiger partial charge in [-0.2, -0.15) is 4.98 Å². The van der Waals surface area contributed by atoms with E-state index in [-0.39, 0.29) is 18.1 Å². The Balaban J connectivity index is 1.41. The molecule has 22 heavy (non-hydrogen) atoms. The molecule has 6 heteroatoms. The van der Waals surface area contributed by atoms with Crippen LogP contribution in [0.2, 0.25) is 0 Å². The smallest absolute Gasteiger partial charge is 0.252 e. The van der Waals surface area contributed by atoms with E-state index in [1.54, 1.807) is 0 Å². The van der Waals surface area contributed by atoms with Gasteiger partial charge in [0.15, 0.2) is 5.82 Å². The highest BCUT2D eigenvalue weighted by molar-refractivity contribution is 5.81. The van der Waals surface area contributed by atoms with Crippen LogP contribution in [0, 0.1) is 5.92 Å². The minimum absolute atomic E-state index is 0.0456. The van der Waals surface area contributed by atoms with Crippen molar-refractivity contribution in [1.29, 1.82) is 0 Å². The zero-order chi connectivity index (χ0) is 15.1. The van der Waals surface area contributed by atoms with Gasteiger partial charge in [-0.05, 0) is 51.4 Å². The SMILES string of the molecule is C[C@@H](OCC1CC1)C(=O)N1CCC[C@@H]1c1noc(C2CC2)n1. The first kappa shape index (κ1) is 14.2. The summed E-state index contributed by atoms with van der Waals surface area (Å²) in [5.41, 5.74) is 0. The molecule has 0 spiro atoms. The molecular formula is C16H23N3O3. The third-order valence-corrected chi connectivity index (χ3v) is 4.84. The summed E-state index contributed by atoms with van der Waals surface area (Å²) in [6.45, 7) is 3.32. The van der Waals surface area contributed by atoms with Crippen LogP contribution >= 0.6 is 0 Å². The molecule has 0 bridgehead atoms. The number of rotatable bonds is 6. The van der Waals surface area contributed by atoms with E-state index in [0.717, 1.165) is 38.1 Å². The van der Waals surface area contributed by atoms with Gasteiger partial charge in [-0.1, -0.05) is 5.16 Å². The van der Waals surface area contributed by atoms with Crippen LogP contribution in [-0.2, 0) is 9.53 Å². The van der Waals surface area contributed by atoms with Crippen LogP contribution < -0.4 is 0 Å². The molecule has 2 saturated carbocycles. The maximum absolute atomic E-state index is 12.6. The van der Waals surface area contributed by atoms with Crippen molar-refractivity contribution in [3.8, 4) is 0 Å². The Labute approximate surface area is 130 Å². The predicted molar refractivity (Wildman–Crippen MR) is 78.1 cm³/mol. The topological polar surface area (TPSA) is 68.5 Å². The zero-order valence-electron chi connectivity index (χ0n) is 13.0. The quantitative estimate of drug-likeness (QED) is 0.807. The molecule has 6 nitrogen and oxygen atoms in total. The summed E-state index contributed by atoms with van der Waals surface area (Å²) in [5, 5.41) is 4.11. The number of aromatic nitrogens is 2. The lowest BCUT2D eigenvalue weighted by atomic mass is 10.2. The van der Waals surface area contributed by atoms with Crippen molar-refractivity contribution in [2.24, 2.45) is 5.92 Å². The molecule has 120 valence electrons. The van der Waals surface area contributed by atoms with Gasteiger partial charge >= 0.3 is 0 Å². The van der Waals surface area contributed by atoms with Crippen LogP contribution in [0.25, 0.3) is 0 Å². The summed E-state index contributed by atoms with van der Waals surface area (Å²) in [6, 6.07) is -0.0456. The average molecular weight is 305 g/mol. The van der Waals surface area contributed by atoms with Gasteiger partial charge in [0.1, 0.15) is 6.10 Å². The molecule has 2 heterocycles. The second kappa shape index (κ2) is 5.65. The van der Waals surface area contributed by atoms with Crippen molar-refractivity contribution in [3.63, 3.8) is 0 Å². The predicted octanol–water partition coefficient (Wildman–Crippen LogP) is 2.43. The van der Waals surface area contributed by atoms with Gasteiger partial charge in [0.2, 0.25) is 5.89 Å². The Morgan fingerprint density at radius 3 is 2.91 bits per heavy atom. The minimum Gasteiger partial charge on any atom is -0.368 e. The fourth-order valence-electron chi connectivity index (χ4n) is 3.05. The van der Waals surface area contributed by atoms with Crippen molar-refractivity contribution < 1.29 is 14.1 Å². The van der Waals surface area contributed by atoms with E-state index >= 15 is 0 Å². The number of nitrogens with zero attached hydrogens (tertiary/aromatic N) is 3. The Kier molecular flexibility index (Phi) is 3.64. The highest BCUT2D eigenvalue weighted by Crippen LogP contribution is 2.40. The highest BCUT2D eigenvalue weighted by atomic mass is 16.5. The van der Waals surface area contributed by atoms with Crippen LogP contribution in [0.3, 0.4) is 0 Å². The molecule has 1 amide bonds. The summed E-state index contributed by atoms with van der Waals surface area (Å²) < 4.78 is 11.1. The normalized spacial score (nSPS) is 26.4. The molecule has 1 saturated heterocycles. The fraction of sp³-hybridized carbons (Fsp3) is 0.812. The van der Waals surface area contributed by atoms with Crippen LogP contribution in [-0.4, -0.2) is 40.2 Å². The Bertz CT molecular complexity index is 551. The van der Waals surface area contributed by atoms with Crippen molar-refractivity contribution in [3.05, 3.63) is 11.7 Å². The molecule has 1 aromatic rings. The third kappa shape index (κ3) is 2.89. The fourth-order valence-corrected chi connectivity index (χ4v) is 3.05. The molecule has 2 atom stereocenters. The molecule has 3 fully saturated rings. The molecule has 0 radical (unpaired) electrons. The Hall–Kier alpha value is -1.43. The molecule has 4 rings (SSSR count). The van der Waals surface area contributed by atoms with E-state index in [1.807, 2.05) is 11.8 Å². The summed E-state index contributed by atoms with van der Waals surface area (Å²) in [5.74, 6) is 2.59. The van der Waals surface area contributed by atoms with Gasteiger partial charge in [0, 0.05) is 12.5 Å². The molecule has 0 aromatic carbocycles. The number of likely N-dealkylation sites (tertiary alicyclic amines) is 1. The third-order valence-electron chi connectivity index (χ3n) is 4.84. The lowest BCUT2D eigenvalue weighted by Crippen LogP contribution is -2.39. The second-order valence-corrected chi connectivity index (χ2v) is 6.87. The van der Waals surface area contributed by atoms with E-state index in [0.29, 0.717) is 24.3 Å². The number of amides is 1. The van der Waals surface area contributed by atoms with Gasteiger partial charge in [-0.3, -0.25) is 4.79 Å². The maximum atomic E-state index is 12.6. The van der Waals surface area contributed by atoms with Gasteiger partial charge in [0.05, 0.1) is 12.6 Å². The molecule has 0 N–H and O–H groups in total. The first-order valence-corrected chi connectivity index (χ1v) is 8.48. The van der Waals surface area contributed by atoms with E-state index in [1.165, 1.54) is 12.8 Å². The molecule has 3 aliphatic rings. The van der Waals surface area contributed by atoms with E-state index < -0.39 is 0 Å². The van der Waals surface area contributed by atoms with Crippen molar-refractivity contribution >= 4 is 5.91 Å². The van der Waals surface area contributed by atoms with Crippen molar-refractivity contribution in [2.75, 3.05) is 13.2 Å². The van der Waals surface area contributed by atoms with Gasteiger partial charge in [-0.15, -0.1) is 0 Å². The molecule has 2 aliphatic carbocycles. The van der Waals surface area contributed by atoms with E-state index in [4.69, 9.17) is 9.26 Å². The van der Waals surface area contributed by atoms with Crippen LogP contribution in [0.1, 0.15) is 69.1 Å². The summed E-state index contributed by atoms with van der Waals surface area (Å²) in [4.78, 5) is 19.0. The number of carbonyl (C=O) groups is 1. The minimum atomic E-state index is -0.379. The van der Waals surface area contributed by atoms with Crippen LogP contribution in [0.5, 0.6) is 0 Å². The van der Waals surface area contributed by atoms with Crippen molar-refractivity contribution in [1.82, 2.24) is 15.0 Å². The first-order chi connectivity index (χ1) is 10.7. The standard InChI is InChI=1S/C16H23N3O3/c1-10(21-9-11-4-5-11)16(20)19-8-2-3-13(19)14-17-15(22-18-14)12-6-7-12/h10-13H,2-9H2,1H3/t10-,13-/m1/s1.